The van der Waals surface area contributed by atoms with Crippen molar-refractivity contribution in [1.82, 2.24) is 4.31 Å². The van der Waals surface area contributed by atoms with E-state index in [2.05, 4.69) is 52.9 Å². The van der Waals surface area contributed by atoms with E-state index in [9.17, 15) is 0 Å². The van der Waals surface area contributed by atoms with Gasteiger partial charge in [-0.1, -0.05) is 46.1 Å². The zero-order chi connectivity index (χ0) is 12.8. The van der Waals surface area contributed by atoms with E-state index in [1.165, 1.54) is 25.0 Å². The fourth-order valence-corrected chi connectivity index (χ4v) is 2.25. The molecule has 98 valence electrons. The Kier molecular flexibility index (Phi) is 7.75. The van der Waals surface area contributed by atoms with Crippen molar-refractivity contribution in [2.24, 2.45) is 11.3 Å². The van der Waals surface area contributed by atoms with Crippen LogP contribution in [0.2, 0.25) is 0 Å². The largest absolute Gasteiger partial charge is 0.251 e. The molecule has 0 aliphatic heterocycles. The number of hydrogen-bond acceptors (Lipinski definition) is 2. The van der Waals surface area contributed by atoms with Crippen LogP contribution in [0.25, 0.3) is 0 Å². The monoisotopic (exact) mass is 245 g/mol. The van der Waals surface area contributed by atoms with Gasteiger partial charge in [-0.25, -0.2) is 0 Å². The molecule has 0 rings (SSSR count). The number of unbranched alkanes of at least 4 members (excludes halogenated alkanes) is 1. The molecule has 0 atom stereocenters. The zero-order valence-corrected chi connectivity index (χ0v) is 13.2. The molecule has 16 heavy (non-hydrogen) atoms. The lowest BCUT2D eigenvalue weighted by Gasteiger charge is -2.29. The minimum absolute atomic E-state index is 0.509. The smallest absolute Gasteiger partial charge is 0.0142 e. The molecule has 0 aliphatic rings. The summed E-state index contributed by atoms with van der Waals surface area (Å²) in [6.45, 7) is 13.9. The summed E-state index contributed by atoms with van der Waals surface area (Å²) in [5.41, 5.74) is 0.509. The van der Waals surface area contributed by atoms with Crippen molar-refractivity contribution in [3.8, 4) is 0 Å². The van der Waals surface area contributed by atoms with E-state index in [1.54, 1.807) is 0 Å². The van der Waals surface area contributed by atoms with Crippen molar-refractivity contribution in [2.75, 3.05) is 12.8 Å². The Bertz CT molecular complexity index is 176. The lowest BCUT2D eigenvalue weighted by atomic mass is 9.77. The highest BCUT2D eigenvalue weighted by molar-refractivity contribution is 7.97. The van der Waals surface area contributed by atoms with Gasteiger partial charge in [0.05, 0.1) is 0 Å². The van der Waals surface area contributed by atoms with Crippen LogP contribution in [-0.4, -0.2) is 23.1 Å². The van der Waals surface area contributed by atoms with Gasteiger partial charge in [0.25, 0.3) is 0 Å². The third-order valence-electron chi connectivity index (χ3n) is 3.80. The molecule has 0 aliphatic carbocycles. The third-order valence-corrected chi connectivity index (χ3v) is 5.10. The van der Waals surface area contributed by atoms with Gasteiger partial charge in [0, 0.05) is 11.8 Å². The summed E-state index contributed by atoms with van der Waals surface area (Å²) in [6.07, 6.45) is 4.07. The normalized spacial score (nSPS) is 13.1. The molecule has 1 nitrogen and oxygen atoms in total. The summed E-state index contributed by atoms with van der Waals surface area (Å²) in [5.74, 6) is 2.06. The first kappa shape index (κ1) is 16.3. The van der Waals surface area contributed by atoms with Gasteiger partial charge in [0.2, 0.25) is 0 Å². The first-order valence-corrected chi connectivity index (χ1v) is 7.57. The lowest BCUT2D eigenvalue weighted by Crippen LogP contribution is -2.20. The Morgan fingerprint density at radius 3 is 2.06 bits per heavy atom. The van der Waals surface area contributed by atoms with E-state index in [0.29, 0.717) is 11.5 Å². The SMILES string of the molecule is CC(C)N(C)SCCCCC(C)(C)C(C)C. The van der Waals surface area contributed by atoms with Gasteiger partial charge in [-0.15, -0.1) is 0 Å². The molecule has 2 heteroatoms. The van der Waals surface area contributed by atoms with Crippen molar-refractivity contribution in [3.05, 3.63) is 0 Å². The van der Waals surface area contributed by atoms with Crippen LogP contribution >= 0.6 is 11.9 Å². The summed E-state index contributed by atoms with van der Waals surface area (Å²) in [4.78, 5) is 0. The molecule has 0 N–H and O–H groups in total. The van der Waals surface area contributed by atoms with Crippen LogP contribution in [-0.2, 0) is 0 Å². The van der Waals surface area contributed by atoms with E-state index < -0.39 is 0 Å². The quantitative estimate of drug-likeness (QED) is 0.445. The van der Waals surface area contributed by atoms with Gasteiger partial charge in [-0.3, -0.25) is 4.31 Å². The van der Waals surface area contributed by atoms with Crippen molar-refractivity contribution in [3.63, 3.8) is 0 Å². The third kappa shape index (κ3) is 6.80. The summed E-state index contributed by atoms with van der Waals surface area (Å²) in [6, 6.07) is 0.650. The molecule has 0 aromatic carbocycles. The molecular formula is C14H31NS. The van der Waals surface area contributed by atoms with Crippen LogP contribution in [0.5, 0.6) is 0 Å². The highest BCUT2D eigenvalue weighted by Crippen LogP contribution is 2.32. The Hall–Kier alpha value is 0.310. The van der Waals surface area contributed by atoms with Gasteiger partial charge in [-0.2, -0.15) is 0 Å². The average molecular weight is 245 g/mol. The highest BCUT2D eigenvalue weighted by Gasteiger charge is 2.21. The molecule has 0 unspecified atom stereocenters. The molecule has 0 heterocycles. The second-order valence-corrected chi connectivity index (χ2v) is 7.32. The number of rotatable bonds is 8. The molecular weight excluding hydrogens is 214 g/mol. The van der Waals surface area contributed by atoms with Crippen LogP contribution in [0.4, 0.5) is 0 Å². The second kappa shape index (κ2) is 7.60. The Morgan fingerprint density at radius 2 is 1.62 bits per heavy atom. The maximum atomic E-state index is 2.39. The molecule has 0 aromatic rings. The molecule has 0 bridgehead atoms. The van der Waals surface area contributed by atoms with E-state index in [0.717, 1.165) is 5.92 Å². The second-order valence-electron chi connectivity index (χ2n) is 6.07. The maximum Gasteiger partial charge on any atom is 0.0142 e. The summed E-state index contributed by atoms with van der Waals surface area (Å²) >= 11 is 1.98. The average Bonchev–Trinajstić information content (AvgIpc) is 2.16. The molecule has 0 amide bonds. The minimum atomic E-state index is 0.509. The summed E-state index contributed by atoms with van der Waals surface area (Å²) in [7, 11) is 2.19. The van der Waals surface area contributed by atoms with Crippen molar-refractivity contribution in [2.45, 2.75) is 66.8 Å². The highest BCUT2D eigenvalue weighted by atomic mass is 32.2. The first-order chi connectivity index (χ1) is 7.27. The fraction of sp³-hybridized carbons (Fsp3) is 1.00. The van der Waals surface area contributed by atoms with Crippen LogP contribution in [0.3, 0.4) is 0 Å². The van der Waals surface area contributed by atoms with Gasteiger partial charge in [-0.05, 0) is 45.1 Å². The predicted octanol–water partition coefficient (Wildman–Crippen LogP) is 4.83. The predicted molar refractivity (Wildman–Crippen MR) is 77.8 cm³/mol. The number of nitrogens with zero attached hydrogens (tertiary/aromatic N) is 1. The lowest BCUT2D eigenvalue weighted by molar-refractivity contribution is 0.223. The summed E-state index contributed by atoms with van der Waals surface area (Å²) in [5, 5.41) is 0. The number of hydrogen-bond donors (Lipinski definition) is 0. The van der Waals surface area contributed by atoms with Crippen LogP contribution in [0, 0.1) is 11.3 Å². The first-order valence-electron chi connectivity index (χ1n) is 6.63. The Balaban J connectivity index is 3.54. The zero-order valence-electron chi connectivity index (χ0n) is 12.3. The molecule has 0 saturated heterocycles. The van der Waals surface area contributed by atoms with Crippen LogP contribution < -0.4 is 0 Å². The van der Waals surface area contributed by atoms with Crippen LogP contribution in [0.15, 0.2) is 0 Å². The minimum Gasteiger partial charge on any atom is -0.251 e. The topological polar surface area (TPSA) is 3.24 Å². The van der Waals surface area contributed by atoms with Gasteiger partial charge in [0.1, 0.15) is 0 Å². The van der Waals surface area contributed by atoms with E-state index >= 15 is 0 Å². The Labute approximate surface area is 108 Å². The van der Waals surface area contributed by atoms with Crippen molar-refractivity contribution >= 4 is 11.9 Å². The van der Waals surface area contributed by atoms with Gasteiger partial charge in [0.15, 0.2) is 0 Å². The van der Waals surface area contributed by atoms with Gasteiger partial charge >= 0.3 is 0 Å². The maximum absolute atomic E-state index is 2.39. The van der Waals surface area contributed by atoms with Crippen molar-refractivity contribution in [1.29, 1.82) is 0 Å². The van der Waals surface area contributed by atoms with Gasteiger partial charge < -0.3 is 0 Å². The summed E-state index contributed by atoms with van der Waals surface area (Å²) < 4.78 is 2.35. The van der Waals surface area contributed by atoms with E-state index in [4.69, 9.17) is 0 Å². The van der Waals surface area contributed by atoms with Crippen LogP contribution in [0.1, 0.15) is 60.8 Å². The molecule has 0 saturated carbocycles. The fourth-order valence-electron chi connectivity index (χ4n) is 1.33. The van der Waals surface area contributed by atoms with E-state index in [1.807, 2.05) is 11.9 Å². The molecule has 0 aromatic heterocycles. The van der Waals surface area contributed by atoms with Crippen molar-refractivity contribution < 1.29 is 0 Å². The van der Waals surface area contributed by atoms with E-state index in [-0.39, 0.29) is 0 Å². The molecule has 0 fully saturated rings. The Morgan fingerprint density at radius 1 is 1.06 bits per heavy atom. The molecule has 0 spiro atoms. The molecule has 0 radical (unpaired) electrons. The standard InChI is InChI=1S/C14H31NS/c1-12(2)14(5,6)10-8-9-11-16-15(7)13(3)4/h12-13H,8-11H2,1-7H3.